The average molecular weight is 621 g/mol. The number of nitrogens with zero attached hydrogens (tertiary/aromatic N) is 6. The van der Waals surface area contributed by atoms with Gasteiger partial charge in [-0.2, -0.15) is 8.75 Å². The van der Waals surface area contributed by atoms with Gasteiger partial charge in [0.2, 0.25) is 0 Å². The van der Waals surface area contributed by atoms with Crippen LogP contribution in [0.15, 0.2) is 146 Å². The molecule has 0 saturated heterocycles. The Kier molecular flexibility index (Phi) is 6.54. The molecule has 220 valence electrons. The number of hydrogen-bond donors (Lipinski definition) is 0. The van der Waals surface area contributed by atoms with Crippen LogP contribution in [0.2, 0.25) is 0 Å². The summed E-state index contributed by atoms with van der Waals surface area (Å²) in [7, 11) is 0. The summed E-state index contributed by atoms with van der Waals surface area (Å²) < 4.78 is 9.69. The van der Waals surface area contributed by atoms with Crippen LogP contribution < -0.4 is 0 Å². The van der Waals surface area contributed by atoms with E-state index in [1.54, 1.807) is 0 Å². The number of pyridine rings is 1. The summed E-state index contributed by atoms with van der Waals surface area (Å²) in [6.45, 7) is 0. The third kappa shape index (κ3) is 4.81. The van der Waals surface area contributed by atoms with Crippen molar-refractivity contribution in [3.8, 4) is 56.5 Å². The van der Waals surface area contributed by atoms with Crippen LogP contribution in [0.5, 0.6) is 0 Å². The van der Waals surface area contributed by atoms with Crippen molar-refractivity contribution >= 4 is 44.4 Å². The molecule has 0 spiro atoms. The molecule has 0 aliphatic rings. The van der Waals surface area contributed by atoms with E-state index in [4.69, 9.17) is 28.7 Å². The van der Waals surface area contributed by atoms with Crippen LogP contribution in [0.25, 0.3) is 89.3 Å². The second kappa shape index (κ2) is 11.3. The molecule has 0 N–H and O–H groups in total. The molecule has 6 nitrogen and oxygen atoms in total. The lowest BCUT2D eigenvalue weighted by molar-refractivity contribution is 1.07. The molecule has 0 aliphatic carbocycles. The SMILES string of the molecule is c1ccc(-c2nc(-c3ccccc3)nc(-c3cccc(-c4cc5c(-c6ccccc6)nc6ccccc6c5c5nsnc45)c3)n2)cc1. The number of para-hydroxylation sites is 1. The minimum Gasteiger partial charge on any atom is -0.247 e. The molecule has 9 rings (SSSR count). The fourth-order valence-electron chi connectivity index (χ4n) is 6.16. The Morgan fingerprint density at radius 2 is 0.915 bits per heavy atom. The van der Waals surface area contributed by atoms with Crippen LogP contribution in [0, 0.1) is 0 Å². The number of aromatic nitrogens is 6. The van der Waals surface area contributed by atoms with Gasteiger partial charge in [-0.1, -0.05) is 127 Å². The van der Waals surface area contributed by atoms with Crippen LogP contribution in [0.3, 0.4) is 0 Å². The predicted molar refractivity (Wildman–Crippen MR) is 191 cm³/mol. The first-order valence-corrected chi connectivity index (χ1v) is 16.0. The average Bonchev–Trinajstić information content (AvgIpc) is 3.65. The Morgan fingerprint density at radius 1 is 0.383 bits per heavy atom. The van der Waals surface area contributed by atoms with Gasteiger partial charge >= 0.3 is 0 Å². The molecule has 7 heteroatoms. The maximum atomic E-state index is 5.17. The summed E-state index contributed by atoms with van der Waals surface area (Å²) in [5.41, 5.74) is 9.38. The molecular formula is C40H24N6S. The molecule has 9 aromatic rings. The zero-order valence-electron chi connectivity index (χ0n) is 24.9. The van der Waals surface area contributed by atoms with Crippen molar-refractivity contribution in [2.45, 2.75) is 0 Å². The maximum absolute atomic E-state index is 5.17. The van der Waals surface area contributed by atoms with Crippen LogP contribution in [0.1, 0.15) is 0 Å². The first-order valence-electron chi connectivity index (χ1n) is 15.3. The molecule has 0 bridgehead atoms. The molecule has 0 saturated carbocycles. The fraction of sp³-hybridized carbons (Fsp3) is 0. The minimum absolute atomic E-state index is 0.602. The largest absolute Gasteiger partial charge is 0.247 e. The summed E-state index contributed by atoms with van der Waals surface area (Å²) in [5.74, 6) is 1.86. The van der Waals surface area contributed by atoms with Gasteiger partial charge in [-0.25, -0.2) is 19.9 Å². The van der Waals surface area contributed by atoms with Crippen LogP contribution >= 0.6 is 11.7 Å². The minimum atomic E-state index is 0.602. The van der Waals surface area contributed by atoms with Crippen molar-refractivity contribution in [1.82, 2.24) is 28.7 Å². The van der Waals surface area contributed by atoms with E-state index in [9.17, 15) is 0 Å². The highest BCUT2D eigenvalue weighted by molar-refractivity contribution is 7.00. The molecule has 0 amide bonds. The van der Waals surface area contributed by atoms with Crippen LogP contribution in [-0.4, -0.2) is 28.7 Å². The highest BCUT2D eigenvalue weighted by Gasteiger charge is 2.20. The molecule has 0 aliphatic heterocycles. The smallest absolute Gasteiger partial charge is 0.164 e. The predicted octanol–water partition coefficient (Wildman–Crippen LogP) is 9.91. The van der Waals surface area contributed by atoms with E-state index >= 15 is 0 Å². The van der Waals surface area contributed by atoms with E-state index in [0.29, 0.717) is 17.5 Å². The first kappa shape index (κ1) is 27.2. The van der Waals surface area contributed by atoms with E-state index in [1.165, 1.54) is 11.7 Å². The van der Waals surface area contributed by atoms with Crippen molar-refractivity contribution in [2.24, 2.45) is 0 Å². The van der Waals surface area contributed by atoms with E-state index < -0.39 is 0 Å². The van der Waals surface area contributed by atoms with Crippen LogP contribution in [0.4, 0.5) is 0 Å². The second-order valence-electron chi connectivity index (χ2n) is 11.3. The highest BCUT2D eigenvalue weighted by Crippen LogP contribution is 2.41. The number of hydrogen-bond acceptors (Lipinski definition) is 7. The quantitative estimate of drug-likeness (QED) is 0.178. The van der Waals surface area contributed by atoms with Crippen molar-refractivity contribution in [3.63, 3.8) is 0 Å². The second-order valence-corrected chi connectivity index (χ2v) is 11.8. The van der Waals surface area contributed by atoms with Crippen molar-refractivity contribution < 1.29 is 0 Å². The monoisotopic (exact) mass is 620 g/mol. The van der Waals surface area contributed by atoms with Gasteiger partial charge in [0.15, 0.2) is 17.5 Å². The lowest BCUT2D eigenvalue weighted by Crippen LogP contribution is -2.00. The third-order valence-corrected chi connectivity index (χ3v) is 8.91. The van der Waals surface area contributed by atoms with Gasteiger partial charge < -0.3 is 0 Å². The molecule has 0 atom stereocenters. The lowest BCUT2D eigenvalue weighted by Gasteiger charge is -2.13. The van der Waals surface area contributed by atoms with Gasteiger partial charge in [-0.15, -0.1) is 0 Å². The Labute approximate surface area is 274 Å². The molecule has 0 radical (unpaired) electrons. The normalized spacial score (nSPS) is 11.4. The lowest BCUT2D eigenvalue weighted by atomic mass is 9.93. The standard InChI is InChI=1S/C40H24N6S/c1-4-13-25(14-5-1)35-32-24-31(36-37(46-47-45-36)34(32)30-21-10-11-22-33(30)41-35)28-19-12-20-29(23-28)40-43-38(26-15-6-2-7-16-26)42-39(44-40)27-17-8-3-9-18-27/h1-24H. The highest BCUT2D eigenvalue weighted by atomic mass is 32.1. The van der Waals surface area contributed by atoms with Gasteiger partial charge in [0.1, 0.15) is 11.0 Å². The van der Waals surface area contributed by atoms with Crippen LogP contribution in [-0.2, 0) is 0 Å². The number of fused-ring (bicyclic) bond motifs is 5. The van der Waals surface area contributed by atoms with E-state index in [0.717, 1.165) is 71.8 Å². The molecule has 6 aromatic carbocycles. The zero-order chi connectivity index (χ0) is 31.2. The fourth-order valence-corrected chi connectivity index (χ4v) is 6.73. The first-order chi connectivity index (χ1) is 23.3. The van der Waals surface area contributed by atoms with Crippen molar-refractivity contribution in [3.05, 3.63) is 146 Å². The molecule has 3 aromatic heterocycles. The summed E-state index contributed by atoms with van der Waals surface area (Å²) in [5, 5.41) is 3.16. The molecule has 0 unspecified atom stereocenters. The summed E-state index contributed by atoms with van der Waals surface area (Å²) in [4.78, 5) is 20.0. The third-order valence-electron chi connectivity index (χ3n) is 8.38. The topological polar surface area (TPSA) is 77.3 Å². The van der Waals surface area contributed by atoms with E-state index in [1.807, 2.05) is 97.1 Å². The zero-order valence-corrected chi connectivity index (χ0v) is 25.8. The molecule has 47 heavy (non-hydrogen) atoms. The summed E-state index contributed by atoms with van der Waals surface area (Å²) in [6.07, 6.45) is 0. The maximum Gasteiger partial charge on any atom is 0.164 e. The van der Waals surface area contributed by atoms with Gasteiger partial charge in [-0.05, 0) is 23.8 Å². The van der Waals surface area contributed by atoms with E-state index in [2.05, 4.69) is 48.5 Å². The Balaban J connectivity index is 1.27. The van der Waals surface area contributed by atoms with Gasteiger partial charge in [-0.3, -0.25) is 0 Å². The molecule has 0 fully saturated rings. The van der Waals surface area contributed by atoms with Gasteiger partial charge in [0, 0.05) is 44.0 Å². The van der Waals surface area contributed by atoms with Gasteiger partial charge in [0.25, 0.3) is 0 Å². The summed E-state index contributed by atoms with van der Waals surface area (Å²) >= 11 is 1.23. The number of benzene rings is 6. The van der Waals surface area contributed by atoms with Crippen molar-refractivity contribution in [2.75, 3.05) is 0 Å². The van der Waals surface area contributed by atoms with E-state index in [-0.39, 0.29) is 0 Å². The Bertz CT molecular complexity index is 2510. The Hall–Kier alpha value is -6.18. The molecule has 3 heterocycles. The summed E-state index contributed by atoms with van der Waals surface area (Å²) in [6, 6.07) is 49.2. The Morgan fingerprint density at radius 3 is 1.60 bits per heavy atom. The van der Waals surface area contributed by atoms with Gasteiger partial charge in [0.05, 0.1) is 22.9 Å². The number of rotatable bonds is 5. The van der Waals surface area contributed by atoms with Crippen molar-refractivity contribution in [1.29, 1.82) is 0 Å². The molecular weight excluding hydrogens is 597 g/mol.